The third-order valence-electron chi connectivity index (χ3n) is 3.45. The Hall–Kier alpha value is -3.32. The standard InChI is InChI=1S/C18H13F3N2O4S/c1-2-12-4-3-5-14(10-12)23-16(24)11-22-17(25)13-6-8-15(9-7-13)28(26,27)18(19,20)21/h1,3-10H,11H2,(H,22,25)(H,23,24). The number of sulfone groups is 1. The average Bonchev–Trinajstić information content (AvgIpc) is 2.65. The Bertz CT molecular complexity index is 1040. The van der Waals surface area contributed by atoms with Crippen LogP contribution in [0.25, 0.3) is 0 Å². The highest BCUT2D eigenvalue weighted by Gasteiger charge is 2.46. The summed E-state index contributed by atoms with van der Waals surface area (Å²) in [5.74, 6) is 1.09. The van der Waals surface area contributed by atoms with E-state index in [0.29, 0.717) is 23.4 Å². The van der Waals surface area contributed by atoms with E-state index in [1.54, 1.807) is 24.3 Å². The molecule has 0 aliphatic carbocycles. The monoisotopic (exact) mass is 410 g/mol. The summed E-state index contributed by atoms with van der Waals surface area (Å²) in [6.07, 6.45) is 5.25. The summed E-state index contributed by atoms with van der Waals surface area (Å²) in [4.78, 5) is 22.8. The largest absolute Gasteiger partial charge is 0.501 e. The Morgan fingerprint density at radius 2 is 1.71 bits per heavy atom. The van der Waals surface area contributed by atoms with Gasteiger partial charge in [-0.1, -0.05) is 12.0 Å². The molecule has 10 heteroatoms. The summed E-state index contributed by atoms with van der Waals surface area (Å²) in [6, 6.07) is 9.64. The van der Waals surface area contributed by atoms with Gasteiger partial charge in [-0.15, -0.1) is 6.42 Å². The number of terminal acetylenes is 1. The van der Waals surface area contributed by atoms with Crippen molar-refractivity contribution in [2.75, 3.05) is 11.9 Å². The number of carbonyl (C=O) groups is 2. The first-order valence-electron chi connectivity index (χ1n) is 7.61. The van der Waals surface area contributed by atoms with Crippen LogP contribution in [0.2, 0.25) is 0 Å². The van der Waals surface area contributed by atoms with E-state index in [0.717, 1.165) is 12.1 Å². The van der Waals surface area contributed by atoms with Crippen molar-refractivity contribution in [3.63, 3.8) is 0 Å². The van der Waals surface area contributed by atoms with Gasteiger partial charge in [-0.05, 0) is 42.5 Å². The topological polar surface area (TPSA) is 92.3 Å². The van der Waals surface area contributed by atoms with Gasteiger partial charge in [0.1, 0.15) is 0 Å². The molecule has 6 nitrogen and oxygen atoms in total. The Morgan fingerprint density at radius 3 is 2.29 bits per heavy atom. The van der Waals surface area contributed by atoms with E-state index in [2.05, 4.69) is 16.6 Å². The summed E-state index contributed by atoms with van der Waals surface area (Å²) < 4.78 is 60.0. The molecule has 2 rings (SSSR count). The quantitative estimate of drug-likeness (QED) is 0.740. The highest BCUT2D eigenvalue weighted by atomic mass is 32.2. The van der Waals surface area contributed by atoms with E-state index in [1.807, 2.05) is 0 Å². The molecular formula is C18H13F3N2O4S. The zero-order valence-electron chi connectivity index (χ0n) is 14.1. The first-order valence-corrected chi connectivity index (χ1v) is 9.09. The van der Waals surface area contributed by atoms with Crippen LogP contribution < -0.4 is 10.6 Å². The van der Waals surface area contributed by atoms with Crippen molar-refractivity contribution in [1.29, 1.82) is 0 Å². The molecule has 0 aliphatic heterocycles. The minimum absolute atomic E-state index is 0.108. The van der Waals surface area contributed by atoms with Crippen LogP contribution in [0.15, 0.2) is 53.4 Å². The predicted molar refractivity (Wildman–Crippen MR) is 95.0 cm³/mol. The second-order valence-corrected chi connectivity index (χ2v) is 7.37. The Labute approximate surface area is 158 Å². The number of amides is 2. The van der Waals surface area contributed by atoms with Gasteiger partial charge >= 0.3 is 5.51 Å². The molecule has 0 spiro atoms. The van der Waals surface area contributed by atoms with Gasteiger partial charge in [0.05, 0.1) is 11.4 Å². The Morgan fingerprint density at radius 1 is 1.07 bits per heavy atom. The van der Waals surface area contributed by atoms with Crippen LogP contribution in [-0.2, 0) is 14.6 Å². The molecule has 0 aromatic heterocycles. The van der Waals surface area contributed by atoms with Gasteiger partial charge in [0.25, 0.3) is 15.7 Å². The third kappa shape index (κ3) is 4.89. The number of carbonyl (C=O) groups excluding carboxylic acids is 2. The van der Waals surface area contributed by atoms with Crippen molar-refractivity contribution in [1.82, 2.24) is 5.32 Å². The predicted octanol–water partition coefficient (Wildman–Crippen LogP) is 2.33. The van der Waals surface area contributed by atoms with Crippen molar-refractivity contribution in [3.8, 4) is 12.3 Å². The number of hydrogen-bond donors (Lipinski definition) is 2. The molecular weight excluding hydrogens is 397 g/mol. The number of rotatable bonds is 5. The molecule has 0 fully saturated rings. The van der Waals surface area contributed by atoms with Gasteiger partial charge in [0.2, 0.25) is 5.91 Å². The van der Waals surface area contributed by atoms with Crippen LogP contribution in [0.1, 0.15) is 15.9 Å². The maximum atomic E-state index is 12.5. The fourth-order valence-electron chi connectivity index (χ4n) is 2.07. The zero-order chi connectivity index (χ0) is 20.9. The molecule has 0 atom stereocenters. The molecule has 146 valence electrons. The fourth-order valence-corrected chi connectivity index (χ4v) is 2.84. The smallest absolute Gasteiger partial charge is 0.343 e. The maximum absolute atomic E-state index is 12.5. The second kappa shape index (κ2) is 8.14. The maximum Gasteiger partial charge on any atom is 0.501 e. The fraction of sp³-hybridized carbons (Fsp3) is 0.111. The summed E-state index contributed by atoms with van der Waals surface area (Å²) in [5.41, 5.74) is -4.57. The number of hydrogen-bond acceptors (Lipinski definition) is 4. The molecule has 0 aliphatic rings. The highest BCUT2D eigenvalue weighted by molar-refractivity contribution is 7.92. The Kier molecular flexibility index (Phi) is 6.10. The number of nitrogens with one attached hydrogen (secondary N) is 2. The minimum atomic E-state index is -5.49. The van der Waals surface area contributed by atoms with E-state index in [-0.39, 0.29) is 5.56 Å². The van der Waals surface area contributed by atoms with Crippen molar-refractivity contribution >= 4 is 27.3 Å². The van der Waals surface area contributed by atoms with Crippen LogP contribution in [0.4, 0.5) is 18.9 Å². The van der Waals surface area contributed by atoms with E-state index in [1.165, 1.54) is 0 Å². The van der Waals surface area contributed by atoms with Gasteiger partial charge in [-0.25, -0.2) is 8.42 Å². The molecule has 2 aromatic carbocycles. The van der Waals surface area contributed by atoms with Gasteiger partial charge in [-0.3, -0.25) is 9.59 Å². The van der Waals surface area contributed by atoms with Crippen molar-refractivity contribution in [2.24, 2.45) is 0 Å². The molecule has 2 amide bonds. The van der Waals surface area contributed by atoms with Crippen LogP contribution in [0.3, 0.4) is 0 Å². The second-order valence-electron chi connectivity index (χ2n) is 5.43. The van der Waals surface area contributed by atoms with Crippen molar-refractivity contribution in [3.05, 3.63) is 59.7 Å². The van der Waals surface area contributed by atoms with E-state index in [9.17, 15) is 31.2 Å². The van der Waals surface area contributed by atoms with Crippen LogP contribution in [0, 0.1) is 12.3 Å². The summed E-state index contributed by atoms with van der Waals surface area (Å²) in [5, 5.41) is 4.79. The highest BCUT2D eigenvalue weighted by Crippen LogP contribution is 2.30. The molecule has 2 N–H and O–H groups in total. The summed E-state index contributed by atoms with van der Waals surface area (Å²) >= 11 is 0. The van der Waals surface area contributed by atoms with Crippen molar-refractivity contribution < 1.29 is 31.2 Å². The zero-order valence-corrected chi connectivity index (χ0v) is 14.9. The normalized spacial score (nSPS) is 11.4. The molecule has 0 saturated heterocycles. The first-order chi connectivity index (χ1) is 13.0. The van der Waals surface area contributed by atoms with Crippen LogP contribution >= 0.6 is 0 Å². The van der Waals surface area contributed by atoms with Gasteiger partial charge in [-0.2, -0.15) is 13.2 Å². The average molecular weight is 410 g/mol. The number of anilines is 1. The first kappa shape index (κ1) is 21.0. The molecule has 0 radical (unpaired) electrons. The van der Waals surface area contributed by atoms with Crippen LogP contribution in [0.5, 0.6) is 0 Å². The summed E-state index contributed by atoms with van der Waals surface area (Å²) in [6.45, 7) is -0.415. The lowest BCUT2D eigenvalue weighted by Crippen LogP contribution is -2.32. The third-order valence-corrected chi connectivity index (χ3v) is 4.96. The summed E-state index contributed by atoms with van der Waals surface area (Å²) in [7, 11) is -5.49. The van der Waals surface area contributed by atoms with Crippen molar-refractivity contribution in [2.45, 2.75) is 10.4 Å². The van der Waals surface area contributed by atoms with E-state index in [4.69, 9.17) is 6.42 Å². The molecule has 0 unspecified atom stereocenters. The number of halogens is 3. The molecule has 2 aromatic rings. The Balaban J connectivity index is 1.98. The van der Waals surface area contributed by atoms with Gasteiger partial charge < -0.3 is 10.6 Å². The number of alkyl halides is 3. The molecule has 0 saturated carbocycles. The van der Waals surface area contributed by atoms with Gasteiger partial charge in [0, 0.05) is 16.8 Å². The lowest BCUT2D eigenvalue weighted by atomic mass is 10.2. The molecule has 28 heavy (non-hydrogen) atoms. The van der Waals surface area contributed by atoms with E-state index < -0.39 is 38.6 Å². The minimum Gasteiger partial charge on any atom is -0.343 e. The van der Waals surface area contributed by atoms with Crippen LogP contribution in [-0.4, -0.2) is 32.3 Å². The lowest BCUT2D eigenvalue weighted by molar-refractivity contribution is -0.115. The van der Waals surface area contributed by atoms with E-state index >= 15 is 0 Å². The van der Waals surface area contributed by atoms with Gasteiger partial charge in [0.15, 0.2) is 0 Å². The number of benzene rings is 2. The SMILES string of the molecule is C#Cc1cccc(NC(=O)CNC(=O)c2ccc(S(=O)(=O)C(F)(F)F)cc2)c1. The lowest BCUT2D eigenvalue weighted by Gasteiger charge is -2.09. The molecule has 0 bridgehead atoms. The molecule has 0 heterocycles.